The van der Waals surface area contributed by atoms with Gasteiger partial charge in [-0.3, -0.25) is 24.0 Å². The first kappa shape index (κ1) is 36.0. The Hall–Kier alpha value is -3.02. The van der Waals surface area contributed by atoms with Crippen molar-refractivity contribution in [3.8, 4) is 0 Å². The van der Waals surface area contributed by atoms with Crippen LogP contribution in [0.1, 0.15) is 98.8 Å². The highest BCUT2D eigenvalue weighted by Gasteiger charge is 2.33. The summed E-state index contributed by atoms with van der Waals surface area (Å²) in [7, 11) is 0. The molecule has 12 heteroatoms. The SMILES string of the molecule is CCCC(=O)OCC(O[C@H](CNC(=O)CCC(C)=O)OC(=O)CCC)[C@H](COC(=O)CCC)OC(=O)CCC. The molecule has 0 aliphatic carbocycles. The number of hydrogen-bond donors (Lipinski definition) is 1. The molecular weight excluding hydrogens is 514 g/mol. The van der Waals surface area contributed by atoms with Crippen LogP contribution in [0.2, 0.25) is 0 Å². The molecule has 0 aliphatic heterocycles. The molecule has 0 radical (unpaired) electrons. The second kappa shape index (κ2) is 21.9. The monoisotopic (exact) mass is 559 g/mol. The van der Waals surface area contributed by atoms with Crippen LogP contribution in [0.5, 0.6) is 0 Å². The van der Waals surface area contributed by atoms with E-state index in [1.165, 1.54) is 6.92 Å². The molecule has 1 amide bonds. The van der Waals surface area contributed by atoms with Gasteiger partial charge in [-0.15, -0.1) is 0 Å². The molecule has 0 heterocycles. The van der Waals surface area contributed by atoms with Crippen LogP contribution in [0.3, 0.4) is 0 Å². The van der Waals surface area contributed by atoms with E-state index in [4.69, 9.17) is 23.7 Å². The maximum Gasteiger partial charge on any atom is 0.308 e. The highest BCUT2D eigenvalue weighted by Crippen LogP contribution is 2.14. The molecule has 1 N–H and O–H groups in total. The molecule has 0 rings (SSSR count). The Morgan fingerprint density at radius 1 is 0.590 bits per heavy atom. The number of rotatable bonds is 22. The van der Waals surface area contributed by atoms with E-state index < -0.39 is 54.9 Å². The minimum atomic E-state index is -1.35. The van der Waals surface area contributed by atoms with Gasteiger partial charge in [0.05, 0.1) is 6.54 Å². The molecule has 0 aliphatic rings. The summed E-state index contributed by atoms with van der Waals surface area (Å²) in [6, 6.07) is 0. The fraction of sp³-hybridized carbons (Fsp3) is 0.778. The third kappa shape index (κ3) is 18.8. The van der Waals surface area contributed by atoms with Crippen molar-refractivity contribution in [1.29, 1.82) is 0 Å². The van der Waals surface area contributed by atoms with Crippen LogP contribution < -0.4 is 5.32 Å². The van der Waals surface area contributed by atoms with E-state index in [0.717, 1.165) is 0 Å². The zero-order valence-corrected chi connectivity index (χ0v) is 23.9. The van der Waals surface area contributed by atoms with E-state index in [0.29, 0.717) is 25.7 Å². The largest absolute Gasteiger partial charge is 0.463 e. The van der Waals surface area contributed by atoms with Gasteiger partial charge in [-0.1, -0.05) is 27.7 Å². The van der Waals surface area contributed by atoms with E-state index in [1.807, 2.05) is 0 Å². The lowest BCUT2D eigenvalue weighted by atomic mass is 10.2. The Morgan fingerprint density at radius 3 is 1.54 bits per heavy atom. The summed E-state index contributed by atoms with van der Waals surface area (Å²) in [5.41, 5.74) is 0. The lowest BCUT2D eigenvalue weighted by Crippen LogP contribution is -2.46. The van der Waals surface area contributed by atoms with Crippen molar-refractivity contribution in [2.45, 2.75) is 117 Å². The van der Waals surface area contributed by atoms with Gasteiger partial charge in [0.2, 0.25) is 12.2 Å². The maximum absolute atomic E-state index is 12.4. The molecule has 1 unspecified atom stereocenters. The summed E-state index contributed by atoms with van der Waals surface area (Å²) in [5, 5.41) is 2.55. The third-order valence-corrected chi connectivity index (χ3v) is 5.09. The predicted molar refractivity (Wildman–Crippen MR) is 139 cm³/mol. The Labute approximate surface area is 230 Å². The molecule has 0 saturated heterocycles. The Balaban J connectivity index is 5.91. The van der Waals surface area contributed by atoms with E-state index in [9.17, 15) is 28.8 Å². The van der Waals surface area contributed by atoms with Crippen molar-refractivity contribution in [2.24, 2.45) is 0 Å². The molecule has 39 heavy (non-hydrogen) atoms. The molecular formula is C27H45NO11. The number of nitrogens with one attached hydrogen (secondary N) is 1. The van der Waals surface area contributed by atoms with Crippen molar-refractivity contribution >= 4 is 35.6 Å². The predicted octanol–water partition coefficient (Wildman–Crippen LogP) is 2.92. The lowest BCUT2D eigenvalue weighted by molar-refractivity contribution is -0.218. The van der Waals surface area contributed by atoms with Gasteiger partial charge in [0.1, 0.15) is 25.1 Å². The first-order chi connectivity index (χ1) is 18.6. The van der Waals surface area contributed by atoms with E-state index >= 15 is 0 Å². The van der Waals surface area contributed by atoms with Gasteiger partial charge in [-0.25, -0.2) is 0 Å². The van der Waals surface area contributed by atoms with Crippen molar-refractivity contribution in [3.05, 3.63) is 0 Å². The fourth-order valence-corrected chi connectivity index (χ4v) is 3.08. The first-order valence-corrected chi connectivity index (χ1v) is 13.7. The lowest BCUT2D eigenvalue weighted by Gasteiger charge is -2.30. The van der Waals surface area contributed by atoms with Crippen LogP contribution in [0.25, 0.3) is 0 Å². The minimum Gasteiger partial charge on any atom is -0.463 e. The number of esters is 4. The average molecular weight is 560 g/mol. The number of Topliss-reactive ketones (excluding diaryl/α,β-unsaturated/α-hetero) is 1. The first-order valence-electron chi connectivity index (χ1n) is 13.7. The maximum atomic E-state index is 12.4. The molecule has 3 atom stereocenters. The van der Waals surface area contributed by atoms with E-state index in [1.54, 1.807) is 27.7 Å². The van der Waals surface area contributed by atoms with Gasteiger partial charge < -0.3 is 33.8 Å². The van der Waals surface area contributed by atoms with Gasteiger partial charge in [0.15, 0.2) is 6.10 Å². The Morgan fingerprint density at radius 2 is 1.05 bits per heavy atom. The zero-order valence-electron chi connectivity index (χ0n) is 23.9. The zero-order chi connectivity index (χ0) is 29.6. The van der Waals surface area contributed by atoms with Gasteiger partial charge in [-0.05, 0) is 32.6 Å². The molecule has 0 aromatic carbocycles. The van der Waals surface area contributed by atoms with Crippen LogP contribution in [0, 0.1) is 0 Å². The second-order valence-electron chi connectivity index (χ2n) is 8.99. The molecule has 12 nitrogen and oxygen atoms in total. The highest BCUT2D eigenvalue weighted by molar-refractivity contribution is 5.83. The standard InChI is InChI=1S/C27H45NO11/c1-6-10-23(31)35-17-20(37-25(33)12-8-3)21(18-36-24(32)11-7-2)38-27(39-26(34)13-9-4)16-28-22(30)15-14-19(5)29/h20-21,27H,6-18H2,1-5H3,(H,28,30)/t20-,21?,27-/m0/s1. The molecule has 0 spiro atoms. The van der Waals surface area contributed by atoms with Crippen molar-refractivity contribution in [3.63, 3.8) is 0 Å². The van der Waals surface area contributed by atoms with Gasteiger partial charge >= 0.3 is 23.9 Å². The fourth-order valence-electron chi connectivity index (χ4n) is 3.08. The number of ether oxygens (including phenoxy) is 5. The quantitative estimate of drug-likeness (QED) is 0.118. The second-order valence-corrected chi connectivity index (χ2v) is 8.99. The van der Waals surface area contributed by atoms with Crippen molar-refractivity contribution in [2.75, 3.05) is 19.8 Å². The number of amides is 1. The molecule has 0 aromatic heterocycles. The molecule has 0 bridgehead atoms. The summed E-state index contributed by atoms with van der Waals surface area (Å²) < 4.78 is 27.4. The van der Waals surface area contributed by atoms with Crippen LogP contribution in [-0.4, -0.2) is 73.8 Å². The average Bonchev–Trinajstić information content (AvgIpc) is 2.86. The van der Waals surface area contributed by atoms with Crippen LogP contribution >= 0.6 is 0 Å². The Bertz CT molecular complexity index is 784. The molecule has 224 valence electrons. The molecule has 0 aromatic rings. The van der Waals surface area contributed by atoms with Gasteiger partial charge in [-0.2, -0.15) is 0 Å². The summed E-state index contributed by atoms with van der Waals surface area (Å²) in [5.74, 6) is -2.84. The normalized spacial score (nSPS) is 12.9. The van der Waals surface area contributed by atoms with Crippen molar-refractivity contribution < 1.29 is 52.5 Å². The van der Waals surface area contributed by atoms with Crippen LogP contribution in [-0.2, 0) is 52.5 Å². The summed E-state index contributed by atoms with van der Waals surface area (Å²) in [4.78, 5) is 72.1. The van der Waals surface area contributed by atoms with E-state index in [2.05, 4.69) is 5.32 Å². The summed E-state index contributed by atoms with van der Waals surface area (Å²) in [6.45, 7) is 7.48. The number of carbonyl (C=O) groups is 6. The van der Waals surface area contributed by atoms with Gasteiger partial charge in [0, 0.05) is 38.5 Å². The van der Waals surface area contributed by atoms with Crippen LogP contribution in [0.15, 0.2) is 0 Å². The molecule has 0 fully saturated rings. The van der Waals surface area contributed by atoms with Crippen molar-refractivity contribution in [1.82, 2.24) is 5.32 Å². The van der Waals surface area contributed by atoms with E-state index in [-0.39, 0.29) is 57.5 Å². The number of hydrogen-bond acceptors (Lipinski definition) is 11. The highest BCUT2D eigenvalue weighted by atomic mass is 16.7. The third-order valence-electron chi connectivity index (χ3n) is 5.09. The summed E-state index contributed by atoms with van der Waals surface area (Å²) in [6.07, 6.45) is -1.22. The Kier molecular flexibility index (Phi) is 20.2. The topological polar surface area (TPSA) is 161 Å². The van der Waals surface area contributed by atoms with Gasteiger partial charge in [0.25, 0.3) is 0 Å². The minimum absolute atomic E-state index is 0.0432. The smallest absolute Gasteiger partial charge is 0.308 e. The number of ketones is 1. The molecule has 0 saturated carbocycles. The van der Waals surface area contributed by atoms with Crippen LogP contribution in [0.4, 0.5) is 0 Å². The number of carbonyl (C=O) groups excluding carboxylic acids is 6. The summed E-state index contributed by atoms with van der Waals surface area (Å²) >= 11 is 0.